The van der Waals surface area contributed by atoms with Gasteiger partial charge in [0.1, 0.15) is 0 Å². The molecule has 0 aliphatic rings. The third-order valence-corrected chi connectivity index (χ3v) is 3.15. The zero-order chi connectivity index (χ0) is 13.5. The van der Waals surface area contributed by atoms with Crippen molar-refractivity contribution in [2.45, 2.75) is 18.8 Å². The predicted octanol–water partition coefficient (Wildman–Crippen LogP) is 3.28. The maximum atomic E-state index is 11.8. The van der Waals surface area contributed by atoms with Crippen LogP contribution in [0.4, 0.5) is 0 Å². The Morgan fingerprint density at radius 3 is 2.37 bits per heavy atom. The van der Waals surface area contributed by atoms with Crippen LogP contribution in [0.5, 0.6) is 0 Å². The molecule has 2 nitrogen and oxygen atoms in total. The van der Waals surface area contributed by atoms with Gasteiger partial charge in [-0.2, -0.15) is 0 Å². The van der Waals surface area contributed by atoms with Crippen LogP contribution < -0.4 is 5.32 Å². The maximum Gasteiger partial charge on any atom is 0.224 e. The first-order chi connectivity index (χ1) is 9.28. The van der Waals surface area contributed by atoms with E-state index in [0.717, 1.165) is 16.7 Å². The molecule has 1 amide bonds. The number of hydrogen-bond donors (Lipinski definition) is 1. The molecule has 0 unspecified atom stereocenters. The Bertz CT molecular complexity index is 539. The molecule has 2 rings (SSSR count). The number of carbonyl (C=O) groups is 1. The number of benzene rings is 2. The average Bonchev–Trinajstić information content (AvgIpc) is 2.46. The topological polar surface area (TPSA) is 29.1 Å². The highest BCUT2D eigenvalue weighted by Crippen LogP contribution is 2.07. The van der Waals surface area contributed by atoms with Crippen LogP contribution in [0.15, 0.2) is 54.6 Å². The predicted molar refractivity (Wildman–Crippen MR) is 78.0 cm³/mol. The minimum absolute atomic E-state index is 0.0301. The molecule has 0 bridgehead atoms. The molecule has 3 heteroatoms. The van der Waals surface area contributed by atoms with E-state index in [9.17, 15) is 4.79 Å². The zero-order valence-corrected chi connectivity index (χ0v) is 11.4. The molecule has 0 fully saturated rings. The van der Waals surface area contributed by atoms with Crippen molar-refractivity contribution in [2.75, 3.05) is 0 Å². The number of hydrogen-bond acceptors (Lipinski definition) is 1. The number of rotatable bonds is 5. The first kappa shape index (κ1) is 13.6. The Morgan fingerprint density at radius 1 is 0.947 bits per heavy atom. The Kier molecular flexibility index (Phi) is 4.99. The number of carbonyl (C=O) groups excluding carboxylic acids is 1. The van der Waals surface area contributed by atoms with Crippen molar-refractivity contribution < 1.29 is 4.79 Å². The fraction of sp³-hybridized carbons (Fsp3) is 0.188. The molecule has 2 aromatic rings. The Morgan fingerprint density at radius 2 is 1.63 bits per heavy atom. The summed E-state index contributed by atoms with van der Waals surface area (Å²) in [5.41, 5.74) is 3.16. The van der Waals surface area contributed by atoms with E-state index in [1.165, 1.54) is 0 Å². The Labute approximate surface area is 118 Å². The largest absolute Gasteiger partial charge is 0.352 e. The molecule has 0 spiro atoms. The summed E-state index contributed by atoms with van der Waals surface area (Å²) >= 11 is 5.78. The lowest BCUT2D eigenvalue weighted by molar-refractivity contribution is -0.120. The molecule has 1 N–H and O–H groups in total. The highest BCUT2D eigenvalue weighted by molar-refractivity contribution is 6.17. The van der Waals surface area contributed by atoms with E-state index in [0.29, 0.717) is 18.8 Å². The van der Waals surface area contributed by atoms with Gasteiger partial charge in [0.15, 0.2) is 0 Å². The van der Waals surface area contributed by atoms with E-state index in [1.807, 2.05) is 54.6 Å². The Balaban J connectivity index is 1.86. The molecule has 0 radical (unpaired) electrons. The fourth-order valence-electron chi connectivity index (χ4n) is 1.87. The molecule has 0 aromatic heterocycles. The minimum Gasteiger partial charge on any atom is -0.352 e. The standard InChI is InChI=1S/C16H16ClNO/c17-11-14-7-4-8-15(9-14)12-18-16(19)10-13-5-2-1-3-6-13/h1-9H,10-12H2,(H,18,19). The van der Waals surface area contributed by atoms with Gasteiger partial charge in [-0.05, 0) is 16.7 Å². The van der Waals surface area contributed by atoms with Crippen LogP contribution in [-0.2, 0) is 23.6 Å². The second kappa shape index (κ2) is 6.95. The summed E-state index contributed by atoms with van der Waals surface area (Å²) in [6, 6.07) is 17.6. The second-order valence-corrected chi connectivity index (χ2v) is 4.66. The van der Waals surface area contributed by atoms with Crippen LogP contribution >= 0.6 is 11.6 Å². The van der Waals surface area contributed by atoms with Crippen molar-refractivity contribution >= 4 is 17.5 Å². The van der Waals surface area contributed by atoms with Crippen LogP contribution in [0.1, 0.15) is 16.7 Å². The summed E-state index contributed by atoms with van der Waals surface area (Å²) in [7, 11) is 0. The van der Waals surface area contributed by atoms with E-state index in [2.05, 4.69) is 5.32 Å². The van der Waals surface area contributed by atoms with E-state index in [-0.39, 0.29) is 5.91 Å². The van der Waals surface area contributed by atoms with Crippen LogP contribution in [0.2, 0.25) is 0 Å². The molecular weight excluding hydrogens is 258 g/mol. The van der Waals surface area contributed by atoms with E-state index in [4.69, 9.17) is 11.6 Å². The highest BCUT2D eigenvalue weighted by atomic mass is 35.5. The second-order valence-electron chi connectivity index (χ2n) is 4.39. The minimum atomic E-state index is 0.0301. The molecule has 0 saturated carbocycles. The number of amides is 1. The van der Waals surface area contributed by atoms with Gasteiger partial charge in [0, 0.05) is 12.4 Å². The molecule has 0 saturated heterocycles. The van der Waals surface area contributed by atoms with E-state index in [1.54, 1.807) is 0 Å². The van der Waals surface area contributed by atoms with Gasteiger partial charge in [-0.25, -0.2) is 0 Å². The van der Waals surface area contributed by atoms with Gasteiger partial charge in [0.05, 0.1) is 6.42 Å². The van der Waals surface area contributed by atoms with Crippen molar-refractivity contribution in [1.82, 2.24) is 5.32 Å². The normalized spacial score (nSPS) is 10.2. The fourth-order valence-corrected chi connectivity index (χ4v) is 2.03. The number of halogens is 1. The van der Waals surface area contributed by atoms with Crippen LogP contribution in [-0.4, -0.2) is 5.91 Å². The summed E-state index contributed by atoms with van der Waals surface area (Å²) in [6.45, 7) is 0.538. The van der Waals surface area contributed by atoms with E-state index >= 15 is 0 Å². The third kappa shape index (κ3) is 4.42. The summed E-state index contributed by atoms with van der Waals surface area (Å²) in [6.07, 6.45) is 0.413. The quantitative estimate of drug-likeness (QED) is 0.832. The number of alkyl halides is 1. The molecule has 98 valence electrons. The smallest absolute Gasteiger partial charge is 0.224 e. The average molecular weight is 274 g/mol. The summed E-state index contributed by atoms with van der Waals surface area (Å²) in [5, 5.41) is 2.92. The Hall–Kier alpha value is -1.80. The van der Waals surface area contributed by atoms with Crippen LogP contribution in [0, 0.1) is 0 Å². The third-order valence-electron chi connectivity index (χ3n) is 2.84. The molecule has 2 aromatic carbocycles. The summed E-state index contributed by atoms with van der Waals surface area (Å²) in [4.78, 5) is 11.8. The van der Waals surface area contributed by atoms with Crippen molar-refractivity contribution in [1.29, 1.82) is 0 Å². The maximum absolute atomic E-state index is 11.8. The van der Waals surface area contributed by atoms with E-state index < -0.39 is 0 Å². The lowest BCUT2D eigenvalue weighted by Gasteiger charge is -2.06. The zero-order valence-electron chi connectivity index (χ0n) is 10.6. The van der Waals surface area contributed by atoms with Crippen LogP contribution in [0.3, 0.4) is 0 Å². The highest BCUT2D eigenvalue weighted by Gasteiger charge is 2.03. The van der Waals surface area contributed by atoms with Gasteiger partial charge in [-0.1, -0.05) is 54.6 Å². The molecule has 0 aliphatic carbocycles. The summed E-state index contributed by atoms with van der Waals surface area (Å²) in [5.74, 6) is 0.522. The first-order valence-electron chi connectivity index (χ1n) is 6.22. The van der Waals surface area contributed by atoms with Crippen molar-refractivity contribution in [3.05, 3.63) is 71.3 Å². The van der Waals surface area contributed by atoms with Crippen molar-refractivity contribution in [3.8, 4) is 0 Å². The van der Waals surface area contributed by atoms with Gasteiger partial charge in [-0.3, -0.25) is 4.79 Å². The lowest BCUT2D eigenvalue weighted by Crippen LogP contribution is -2.24. The summed E-state index contributed by atoms with van der Waals surface area (Å²) < 4.78 is 0. The number of nitrogens with one attached hydrogen (secondary N) is 1. The van der Waals surface area contributed by atoms with Gasteiger partial charge in [0.2, 0.25) is 5.91 Å². The van der Waals surface area contributed by atoms with Crippen molar-refractivity contribution in [3.63, 3.8) is 0 Å². The van der Waals surface area contributed by atoms with Crippen molar-refractivity contribution in [2.24, 2.45) is 0 Å². The monoisotopic (exact) mass is 273 g/mol. The molecular formula is C16H16ClNO. The van der Waals surface area contributed by atoms with Crippen LogP contribution in [0.25, 0.3) is 0 Å². The molecule has 0 atom stereocenters. The molecule has 0 heterocycles. The van der Waals surface area contributed by atoms with Gasteiger partial charge in [-0.15, -0.1) is 11.6 Å². The SMILES string of the molecule is O=C(Cc1ccccc1)NCc1cccc(CCl)c1. The molecule has 0 aliphatic heterocycles. The molecule has 19 heavy (non-hydrogen) atoms. The lowest BCUT2D eigenvalue weighted by atomic mass is 10.1. The van der Waals surface area contributed by atoms with Gasteiger partial charge < -0.3 is 5.32 Å². The first-order valence-corrected chi connectivity index (χ1v) is 6.76. The van der Waals surface area contributed by atoms with Gasteiger partial charge >= 0.3 is 0 Å². The van der Waals surface area contributed by atoms with Gasteiger partial charge in [0.25, 0.3) is 0 Å².